The molecule has 2 unspecified atom stereocenters. The van der Waals surface area contributed by atoms with Crippen LogP contribution in [0.15, 0.2) is 48.5 Å². The first-order valence-corrected chi connectivity index (χ1v) is 7.34. The van der Waals surface area contributed by atoms with E-state index in [0.717, 1.165) is 30.6 Å². The Morgan fingerprint density at radius 1 is 1.19 bits per heavy atom. The van der Waals surface area contributed by atoms with Gasteiger partial charge in [-0.1, -0.05) is 30.3 Å². The highest BCUT2D eigenvalue weighted by atomic mass is 19.1. The Morgan fingerprint density at radius 2 is 2.00 bits per heavy atom. The lowest BCUT2D eigenvalue weighted by molar-refractivity contribution is 0.149. The Morgan fingerprint density at radius 3 is 2.76 bits per heavy atom. The Hall–Kier alpha value is -1.87. The molecule has 0 amide bonds. The van der Waals surface area contributed by atoms with Gasteiger partial charge in [0.15, 0.2) is 0 Å². The molecule has 0 saturated carbocycles. The zero-order valence-corrected chi connectivity index (χ0v) is 11.8. The zero-order chi connectivity index (χ0) is 14.7. The predicted octanol–water partition coefficient (Wildman–Crippen LogP) is 3.37. The molecular formula is C18H19FO2. The molecule has 1 aliphatic rings. The van der Waals surface area contributed by atoms with Crippen LogP contribution < -0.4 is 4.74 Å². The maximum Gasteiger partial charge on any atom is 0.123 e. The average Bonchev–Trinajstić information content (AvgIpc) is 2.89. The van der Waals surface area contributed by atoms with Gasteiger partial charge in [-0.05, 0) is 42.5 Å². The minimum atomic E-state index is -0.221. The van der Waals surface area contributed by atoms with E-state index in [1.165, 1.54) is 11.6 Å². The molecule has 2 aromatic carbocycles. The van der Waals surface area contributed by atoms with E-state index in [0.29, 0.717) is 0 Å². The Labute approximate surface area is 124 Å². The molecule has 0 radical (unpaired) electrons. The molecule has 0 aliphatic carbocycles. The summed E-state index contributed by atoms with van der Waals surface area (Å²) < 4.78 is 19.1. The number of hydrogen-bond donors (Lipinski definition) is 1. The number of hydrogen-bond acceptors (Lipinski definition) is 2. The summed E-state index contributed by atoms with van der Waals surface area (Å²) in [6, 6.07) is 14.8. The minimum Gasteiger partial charge on any atom is -0.490 e. The second kappa shape index (κ2) is 6.27. The number of rotatable bonds is 5. The summed E-state index contributed by atoms with van der Waals surface area (Å²) in [6.07, 6.45) is 2.37. The van der Waals surface area contributed by atoms with Gasteiger partial charge in [-0.2, -0.15) is 0 Å². The molecule has 0 saturated heterocycles. The van der Waals surface area contributed by atoms with Crippen molar-refractivity contribution in [2.45, 2.75) is 25.4 Å². The summed E-state index contributed by atoms with van der Waals surface area (Å²) in [5, 5.41) is 9.59. The van der Waals surface area contributed by atoms with Crippen LogP contribution in [0, 0.1) is 11.7 Å². The van der Waals surface area contributed by atoms with E-state index in [4.69, 9.17) is 4.74 Å². The van der Waals surface area contributed by atoms with Crippen LogP contribution in [-0.4, -0.2) is 17.8 Å². The van der Waals surface area contributed by atoms with Gasteiger partial charge < -0.3 is 9.84 Å². The highest BCUT2D eigenvalue weighted by molar-refractivity contribution is 5.37. The van der Waals surface area contributed by atoms with Crippen molar-refractivity contribution in [1.82, 2.24) is 0 Å². The summed E-state index contributed by atoms with van der Waals surface area (Å²) in [5.74, 6) is 0.718. The SMILES string of the molecule is OCC(Cc1ccccc1)CC1Cc2cc(F)ccc2O1. The molecule has 21 heavy (non-hydrogen) atoms. The van der Waals surface area contributed by atoms with Crippen molar-refractivity contribution in [2.24, 2.45) is 5.92 Å². The summed E-state index contributed by atoms with van der Waals surface area (Å²) >= 11 is 0. The van der Waals surface area contributed by atoms with Crippen molar-refractivity contribution in [3.05, 3.63) is 65.5 Å². The quantitative estimate of drug-likeness (QED) is 0.913. The first-order valence-electron chi connectivity index (χ1n) is 7.34. The van der Waals surface area contributed by atoms with Crippen molar-refractivity contribution in [3.63, 3.8) is 0 Å². The minimum absolute atomic E-state index is 0.0302. The molecule has 2 nitrogen and oxygen atoms in total. The van der Waals surface area contributed by atoms with Crippen LogP contribution in [-0.2, 0) is 12.8 Å². The molecule has 1 heterocycles. The molecule has 3 rings (SSSR count). The number of fused-ring (bicyclic) bond motifs is 1. The molecule has 3 heteroatoms. The van der Waals surface area contributed by atoms with Crippen LogP contribution in [0.4, 0.5) is 4.39 Å². The van der Waals surface area contributed by atoms with Crippen LogP contribution in [0.3, 0.4) is 0 Å². The van der Waals surface area contributed by atoms with Crippen molar-refractivity contribution < 1.29 is 14.2 Å². The van der Waals surface area contributed by atoms with Crippen molar-refractivity contribution >= 4 is 0 Å². The number of aliphatic hydroxyl groups is 1. The van der Waals surface area contributed by atoms with E-state index >= 15 is 0 Å². The molecule has 2 aromatic rings. The molecule has 0 bridgehead atoms. The molecule has 1 aliphatic heterocycles. The van der Waals surface area contributed by atoms with Crippen LogP contribution >= 0.6 is 0 Å². The van der Waals surface area contributed by atoms with Crippen LogP contribution in [0.1, 0.15) is 17.5 Å². The first-order chi connectivity index (χ1) is 10.2. The number of ether oxygens (including phenoxy) is 1. The Balaban J connectivity index is 1.61. The predicted molar refractivity (Wildman–Crippen MR) is 79.9 cm³/mol. The van der Waals surface area contributed by atoms with Crippen molar-refractivity contribution in [3.8, 4) is 5.75 Å². The lowest BCUT2D eigenvalue weighted by Gasteiger charge is -2.18. The van der Waals surface area contributed by atoms with Gasteiger partial charge in [0.1, 0.15) is 17.7 Å². The first kappa shape index (κ1) is 14.1. The maximum atomic E-state index is 13.2. The van der Waals surface area contributed by atoms with E-state index in [-0.39, 0.29) is 24.4 Å². The van der Waals surface area contributed by atoms with Gasteiger partial charge in [-0.25, -0.2) is 4.39 Å². The summed E-state index contributed by atoms with van der Waals surface area (Å²) in [5.41, 5.74) is 2.15. The molecular weight excluding hydrogens is 267 g/mol. The Kier molecular flexibility index (Phi) is 4.20. The second-order valence-corrected chi connectivity index (χ2v) is 5.67. The normalized spacial score (nSPS) is 18.1. The van der Waals surface area contributed by atoms with Crippen LogP contribution in [0.25, 0.3) is 0 Å². The third-order valence-corrected chi connectivity index (χ3v) is 3.99. The molecule has 2 atom stereocenters. The second-order valence-electron chi connectivity index (χ2n) is 5.67. The number of benzene rings is 2. The highest BCUT2D eigenvalue weighted by Crippen LogP contribution is 2.32. The average molecular weight is 286 g/mol. The molecule has 110 valence electrons. The fourth-order valence-electron chi connectivity index (χ4n) is 2.96. The van der Waals surface area contributed by atoms with E-state index in [2.05, 4.69) is 12.1 Å². The third-order valence-electron chi connectivity index (χ3n) is 3.99. The standard InChI is InChI=1S/C18H19FO2/c19-16-6-7-18-15(10-16)11-17(21-18)9-14(12-20)8-13-4-2-1-3-5-13/h1-7,10,14,17,20H,8-9,11-12H2. The summed E-state index contributed by atoms with van der Waals surface area (Å²) in [4.78, 5) is 0. The fraction of sp³-hybridized carbons (Fsp3) is 0.333. The van der Waals surface area contributed by atoms with Gasteiger partial charge in [0, 0.05) is 18.6 Å². The fourth-order valence-corrected chi connectivity index (χ4v) is 2.96. The molecule has 0 fully saturated rings. The van der Waals surface area contributed by atoms with Gasteiger partial charge in [0.25, 0.3) is 0 Å². The third kappa shape index (κ3) is 3.42. The Bertz CT molecular complexity index is 597. The molecule has 0 aromatic heterocycles. The zero-order valence-electron chi connectivity index (χ0n) is 11.8. The molecule has 1 N–H and O–H groups in total. The van der Waals surface area contributed by atoms with Crippen molar-refractivity contribution in [2.75, 3.05) is 6.61 Å². The van der Waals surface area contributed by atoms with Gasteiger partial charge in [-0.3, -0.25) is 0 Å². The van der Waals surface area contributed by atoms with Gasteiger partial charge in [0.2, 0.25) is 0 Å². The van der Waals surface area contributed by atoms with Gasteiger partial charge in [0.05, 0.1) is 0 Å². The van der Waals surface area contributed by atoms with E-state index in [1.807, 2.05) is 18.2 Å². The monoisotopic (exact) mass is 286 g/mol. The van der Waals surface area contributed by atoms with E-state index in [1.54, 1.807) is 12.1 Å². The largest absolute Gasteiger partial charge is 0.490 e. The van der Waals surface area contributed by atoms with Crippen molar-refractivity contribution in [1.29, 1.82) is 0 Å². The van der Waals surface area contributed by atoms with Gasteiger partial charge in [-0.15, -0.1) is 0 Å². The lowest BCUT2D eigenvalue weighted by Crippen LogP contribution is -2.22. The molecule has 0 spiro atoms. The van der Waals surface area contributed by atoms with Crippen LogP contribution in [0.5, 0.6) is 5.75 Å². The van der Waals surface area contributed by atoms with Gasteiger partial charge >= 0.3 is 0 Å². The highest BCUT2D eigenvalue weighted by Gasteiger charge is 2.26. The van der Waals surface area contributed by atoms with E-state index < -0.39 is 0 Å². The van der Waals surface area contributed by atoms with E-state index in [9.17, 15) is 9.50 Å². The number of halogens is 1. The summed E-state index contributed by atoms with van der Waals surface area (Å²) in [7, 11) is 0. The maximum absolute atomic E-state index is 13.2. The smallest absolute Gasteiger partial charge is 0.123 e. The topological polar surface area (TPSA) is 29.5 Å². The van der Waals surface area contributed by atoms with Crippen LogP contribution in [0.2, 0.25) is 0 Å². The number of aliphatic hydroxyl groups excluding tert-OH is 1. The lowest BCUT2D eigenvalue weighted by atomic mass is 9.93. The summed E-state index contributed by atoms with van der Waals surface area (Å²) in [6.45, 7) is 0.138.